The molecule has 0 fully saturated rings. The molecule has 0 saturated heterocycles. The Morgan fingerprint density at radius 1 is 1.14 bits per heavy atom. The predicted octanol–water partition coefficient (Wildman–Crippen LogP) is 2.10. The van der Waals surface area contributed by atoms with E-state index in [9.17, 15) is 9.59 Å². The first-order valence-corrected chi connectivity index (χ1v) is 10.2. The van der Waals surface area contributed by atoms with E-state index in [0.29, 0.717) is 5.56 Å². The van der Waals surface area contributed by atoms with Gasteiger partial charge in [-0.25, -0.2) is 0 Å². The molecule has 1 aromatic carbocycles. The zero-order valence-electron chi connectivity index (χ0n) is 16.4. The third-order valence-electron chi connectivity index (χ3n) is 6.00. The molecule has 2 aromatic heterocycles. The van der Waals surface area contributed by atoms with Gasteiger partial charge in [0.25, 0.3) is 11.5 Å². The van der Waals surface area contributed by atoms with Gasteiger partial charge in [0.15, 0.2) is 5.82 Å². The van der Waals surface area contributed by atoms with Crippen molar-refractivity contribution in [3.63, 3.8) is 0 Å². The van der Waals surface area contributed by atoms with E-state index in [2.05, 4.69) is 21.6 Å². The Kier molecular flexibility index (Phi) is 4.30. The quantitative estimate of drug-likeness (QED) is 0.741. The Bertz CT molecular complexity index is 1170. The number of rotatable bonds is 4. The minimum Gasteiger partial charge on any atom is -0.345 e. The van der Waals surface area contributed by atoms with E-state index in [1.165, 1.54) is 11.1 Å². The van der Waals surface area contributed by atoms with Crippen molar-refractivity contribution in [3.8, 4) is 5.69 Å². The monoisotopic (exact) mass is 389 g/mol. The van der Waals surface area contributed by atoms with Gasteiger partial charge in [0.2, 0.25) is 0 Å². The zero-order valence-corrected chi connectivity index (χ0v) is 16.4. The molecule has 0 radical (unpaired) electrons. The lowest BCUT2D eigenvalue weighted by molar-refractivity contribution is 0.0947. The fourth-order valence-electron chi connectivity index (χ4n) is 4.51. The number of amides is 1. The Hall–Kier alpha value is -3.22. The molecule has 5 rings (SSSR count). The highest BCUT2D eigenvalue weighted by Gasteiger charge is 2.22. The van der Waals surface area contributed by atoms with Crippen LogP contribution in [0.3, 0.4) is 0 Å². The second kappa shape index (κ2) is 6.99. The second-order valence-corrected chi connectivity index (χ2v) is 7.79. The number of carbonyl (C=O) groups excluding carboxylic acids is 1. The van der Waals surface area contributed by atoms with E-state index < -0.39 is 0 Å². The lowest BCUT2D eigenvalue weighted by atomic mass is 10.1. The highest BCUT2D eigenvalue weighted by atomic mass is 16.2. The third-order valence-corrected chi connectivity index (χ3v) is 6.00. The van der Waals surface area contributed by atoms with Gasteiger partial charge in [-0.2, -0.15) is 0 Å². The van der Waals surface area contributed by atoms with Crippen LogP contribution in [-0.4, -0.2) is 25.2 Å². The maximum Gasteiger partial charge on any atom is 0.268 e. The first-order chi connectivity index (χ1) is 14.1. The molecule has 148 valence electrons. The van der Waals surface area contributed by atoms with Crippen LogP contribution in [0.1, 0.15) is 51.5 Å². The van der Waals surface area contributed by atoms with Gasteiger partial charge in [-0.05, 0) is 61.4 Å². The van der Waals surface area contributed by atoms with Gasteiger partial charge in [0, 0.05) is 19.2 Å². The molecule has 2 aliphatic rings. The van der Waals surface area contributed by atoms with Crippen LogP contribution in [0.15, 0.2) is 35.3 Å². The van der Waals surface area contributed by atoms with E-state index in [1.807, 2.05) is 22.8 Å². The molecule has 3 aromatic rings. The van der Waals surface area contributed by atoms with Crippen molar-refractivity contribution >= 4 is 5.91 Å². The maximum absolute atomic E-state index is 13.2. The molecule has 7 heteroatoms. The SMILES string of the molecule is Cc1ccn(-c2cccc3c2CCC3)c(=O)c1C(=O)NCc1nnc2n1CCC2. The number of carbonyl (C=O) groups is 1. The van der Waals surface area contributed by atoms with E-state index >= 15 is 0 Å². The summed E-state index contributed by atoms with van der Waals surface area (Å²) in [7, 11) is 0. The first kappa shape index (κ1) is 17.8. The highest BCUT2D eigenvalue weighted by Crippen LogP contribution is 2.27. The number of aromatic nitrogens is 4. The lowest BCUT2D eigenvalue weighted by Gasteiger charge is -2.14. The van der Waals surface area contributed by atoms with E-state index in [1.54, 1.807) is 17.7 Å². The second-order valence-electron chi connectivity index (χ2n) is 7.79. The molecular formula is C22H23N5O2. The van der Waals surface area contributed by atoms with Crippen molar-refractivity contribution < 1.29 is 4.79 Å². The van der Waals surface area contributed by atoms with Gasteiger partial charge in [0.1, 0.15) is 11.4 Å². The van der Waals surface area contributed by atoms with E-state index in [-0.39, 0.29) is 23.6 Å². The summed E-state index contributed by atoms with van der Waals surface area (Å²) < 4.78 is 3.66. The first-order valence-electron chi connectivity index (χ1n) is 10.2. The van der Waals surface area contributed by atoms with Crippen LogP contribution < -0.4 is 10.9 Å². The Balaban J connectivity index is 1.46. The average Bonchev–Trinajstić information content (AvgIpc) is 3.43. The molecule has 0 atom stereocenters. The van der Waals surface area contributed by atoms with Crippen molar-refractivity contribution in [2.75, 3.05) is 0 Å². The zero-order chi connectivity index (χ0) is 20.0. The molecule has 1 aliphatic carbocycles. The molecule has 7 nitrogen and oxygen atoms in total. The van der Waals surface area contributed by atoms with Gasteiger partial charge in [-0.3, -0.25) is 14.2 Å². The minimum atomic E-state index is -0.371. The van der Waals surface area contributed by atoms with Gasteiger partial charge < -0.3 is 9.88 Å². The predicted molar refractivity (Wildman–Crippen MR) is 108 cm³/mol. The number of aryl methyl sites for hydroxylation is 3. The smallest absolute Gasteiger partial charge is 0.268 e. The van der Waals surface area contributed by atoms with Gasteiger partial charge in [-0.15, -0.1) is 10.2 Å². The van der Waals surface area contributed by atoms with Crippen molar-refractivity contribution in [2.45, 2.75) is 52.1 Å². The number of pyridine rings is 1. The summed E-state index contributed by atoms with van der Waals surface area (Å²) in [6.45, 7) is 2.94. The largest absolute Gasteiger partial charge is 0.345 e. The summed E-state index contributed by atoms with van der Waals surface area (Å²) in [5.74, 6) is 1.33. The standard InChI is InChI=1S/C22H23N5O2/c1-14-10-12-26(17-8-3-6-15-5-2-7-16(15)17)22(29)20(14)21(28)23-13-19-25-24-18-9-4-11-27(18)19/h3,6,8,10,12H,2,4-5,7,9,11,13H2,1H3,(H,23,28). The number of hydrogen-bond donors (Lipinski definition) is 1. The van der Waals surface area contributed by atoms with Crippen LogP contribution in [-0.2, 0) is 32.4 Å². The molecule has 1 aliphatic heterocycles. The average molecular weight is 389 g/mol. The lowest BCUT2D eigenvalue weighted by Crippen LogP contribution is -2.34. The molecule has 0 spiro atoms. The number of hydrogen-bond acceptors (Lipinski definition) is 4. The molecular weight excluding hydrogens is 366 g/mol. The normalized spacial score (nSPS) is 14.7. The van der Waals surface area contributed by atoms with Crippen LogP contribution in [0, 0.1) is 6.92 Å². The van der Waals surface area contributed by atoms with E-state index in [4.69, 9.17) is 0 Å². The topological polar surface area (TPSA) is 81.8 Å². The van der Waals surface area contributed by atoms with Crippen molar-refractivity contribution in [1.29, 1.82) is 0 Å². The molecule has 0 bridgehead atoms. The highest BCUT2D eigenvalue weighted by molar-refractivity contribution is 5.95. The van der Waals surface area contributed by atoms with Gasteiger partial charge >= 0.3 is 0 Å². The van der Waals surface area contributed by atoms with Crippen LogP contribution in [0.5, 0.6) is 0 Å². The summed E-state index contributed by atoms with van der Waals surface area (Å²) in [5, 5.41) is 11.2. The molecule has 1 amide bonds. The Morgan fingerprint density at radius 2 is 2.03 bits per heavy atom. The Morgan fingerprint density at radius 3 is 2.93 bits per heavy atom. The van der Waals surface area contributed by atoms with Crippen LogP contribution >= 0.6 is 0 Å². The molecule has 0 saturated carbocycles. The summed E-state index contributed by atoms with van der Waals surface area (Å²) in [6.07, 6.45) is 6.85. The molecule has 0 unspecified atom stereocenters. The van der Waals surface area contributed by atoms with Crippen molar-refractivity contribution in [3.05, 3.63) is 74.7 Å². The minimum absolute atomic E-state index is 0.185. The van der Waals surface area contributed by atoms with Crippen molar-refractivity contribution in [1.82, 2.24) is 24.6 Å². The summed E-state index contributed by atoms with van der Waals surface area (Å²) >= 11 is 0. The molecule has 3 heterocycles. The van der Waals surface area contributed by atoms with Gasteiger partial charge in [0.05, 0.1) is 12.2 Å². The fraction of sp³-hybridized carbons (Fsp3) is 0.364. The van der Waals surface area contributed by atoms with Crippen LogP contribution in [0.4, 0.5) is 0 Å². The number of nitrogens with zero attached hydrogens (tertiary/aromatic N) is 4. The summed E-state index contributed by atoms with van der Waals surface area (Å²) in [6, 6.07) is 7.90. The molecule has 29 heavy (non-hydrogen) atoms. The van der Waals surface area contributed by atoms with E-state index in [0.717, 1.165) is 56.0 Å². The summed E-state index contributed by atoms with van der Waals surface area (Å²) in [4.78, 5) is 26.2. The van der Waals surface area contributed by atoms with Crippen LogP contribution in [0.2, 0.25) is 0 Å². The fourth-order valence-corrected chi connectivity index (χ4v) is 4.51. The maximum atomic E-state index is 13.2. The number of fused-ring (bicyclic) bond motifs is 2. The number of benzene rings is 1. The Labute approximate surface area is 168 Å². The summed E-state index contributed by atoms with van der Waals surface area (Å²) in [5.41, 5.74) is 3.96. The molecule has 1 N–H and O–H groups in total. The van der Waals surface area contributed by atoms with Gasteiger partial charge in [-0.1, -0.05) is 12.1 Å². The number of nitrogens with one attached hydrogen (secondary N) is 1. The third kappa shape index (κ3) is 2.97. The van der Waals surface area contributed by atoms with Crippen molar-refractivity contribution in [2.24, 2.45) is 0 Å². The van der Waals surface area contributed by atoms with Crippen LogP contribution in [0.25, 0.3) is 5.69 Å².